The SMILES string of the molecule is CCCNC(CCCc1cn(C)nn1)C(C)C. The van der Waals surface area contributed by atoms with E-state index in [-0.39, 0.29) is 0 Å². The molecule has 17 heavy (non-hydrogen) atoms. The highest BCUT2D eigenvalue weighted by molar-refractivity contribution is 4.92. The Hall–Kier alpha value is -0.900. The van der Waals surface area contributed by atoms with Gasteiger partial charge in [0, 0.05) is 19.3 Å². The molecule has 1 atom stereocenters. The van der Waals surface area contributed by atoms with Crippen LogP contribution >= 0.6 is 0 Å². The summed E-state index contributed by atoms with van der Waals surface area (Å²) in [5, 5.41) is 11.7. The van der Waals surface area contributed by atoms with Gasteiger partial charge in [-0.1, -0.05) is 26.0 Å². The van der Waals surface area contributed by atoms with Gasteiger partial charge in [0.25, 0.3) is 0 Å². The molecule has 1 N–H and O–H groups in total. The maximum absolute atomic E-state index is 4.11. The summed E-state index contributed by atoms with van der Waals surface area (Å²) < 4.78 is 1.77. The Bertz CT molecular complexity index is 306. The lowest BCUT2D eigenvalue weighted by Gasteiger charge is -2.22. The molecule has 4 heteroatoms. The van der Waals surface area contributed by atoms with Gasteiger partial charge in [-0.15, -0.1) is 5.10 Å². The molecule has 98 valence electrons. The zero-order valence-corrected chi connectivity index (χ0v) is 11.6. The Morgan fingerprint density at radius 1 is 1.41 bits per heavy atom. The topological polar surface area (TPSA) is 42.7 Å². The molecular formula is C13H26N4. The van der Waals surface area contributed by atoms with Crippen LogP contribution in [0.25, 0.3) is 0 Å². The van der Waals surface area contributed by atoms with Crippen LogP contribution in [-0.4, -0.2) is 27.6 Å². The molecule has 1 rings (SSSR count). The highest BCUT2D eigenvalue weighted by atomic mass is 15.4. The lowest BCUT2D eigenvalue weighted by molar-refractivity contribution is 0.370. The summed E-state index contributed by atoms with van der Waals surface area (Å²) in [6, 6.07) is 0.631. The summed E-state index contributed by atoms with van der Waals surface area (Å²) in [7, 11) is 1.91. The number of hydrogen-bond donors (Lipinski definition) is 1. The molecule has 0 saturated carbocycles. The van der Waals surface area contributed by atoms with Gasteiger partial charge >= 0.3 is 0 Å². The first kappa shape index (κ1) is 14.2. The van der Waals surface area contributed by atoms with Crippen LogP contribution in [0.3, 0.4) is 0 Å². The van der Waals surface area contributed by atoms with Crippen molar-refractivity contribution in [3.63, 3.8) is 0 Å². The number of nitrogens with zero attached hydrogens (tertiary/aromatic N) is 3. The minimum absolute atomic E-state index is 0.631. The molecule has 0 aliphatic heterocycles. The Balaban J connectivity index is 2.26. The first-order valence-electron chi connectivity index (χ1n) is 6.72. The van der Waals surface area contributed by atoms with Crippen molar-refractivity contribution in [2.45, 2.75) is 52.5 Å². The van der Waals surface area contributed by atoms with Crippen molar-refractivity contribution in [3.8, 4) is 0 Å². The molecule has 0 aliphatic rings. The summed E-state index contributed by atoms with van der Waals surface area (Å²) >= 11 is 0. The average molecular weight is 238 g/mol. The van der Waals surface area contributed by atoms with E-state index < -0.39 is 0 Å². The van der Waals surface area contributed by atoms with Crippen LogP contribution in [0.5, 0.6) is 0 Å². The Kier molecular flexibility index (Phi) is 6.19. The number of rotatable bonds is 8. The first-order chi connectivity index (χ1) is 8.13. The smallest absolute Gasteiger partial charge is 0.0827 e. The van der Waals surface area contributed by atoms with E-state index in [2.05, 4.69) is 36.4 Å². The summed E-state index contributed by atoms with van der Waals surface area (Å²) in [4.78, 5) is 0. The van der Waals surface area contributed by atoms with E-state index in [0.29, 0.717) is 12.0 Å². The fourth-order valence-electron chi connectivity index (χ4n) is 2.01. The number of aryl methyl sites for hydroxylation is 2. The Morgan fingerprint density at radius 3 is 2.71 bits per heavy atom. The fourth-order valence-corrected chi connectivity index (χ4v) is 2.01. The quantitative estimate of drug-likeness (QED) is 0.754. The van der Waals surface area contributed by atoms with E-state index in [0.717, 1.165) is 18.7 Å². The summed E-state index contributed by atoms with van der Waals surface area (Å²) in [5.41, 5.74) is 1.10. The Morgan fingerprint density at radius 2 is 2.18 bits per heavy atom. The zero-order valence-electron chi connectivity index (χ0n) is 11.6. The van der Waals surface area contributed by atoms with Crippen molar-refractivity contribution in [1.29, 1.82) is 0 Å². The standard InChI is InChI=1S/C13H26N4/c1-5-9-14-13(11(2)3)8-6-7-12-10-17(4)16-15-12/h10-11,13-14H,5-9H2,1-4H3. The van der Waals surface area contributed by atoms with E-state index in [1.54, 1.807) is 4.68 Å². The molecule has 0 bridgehead atoms. The average Bonchev–Trinajstić information content (AvgIpc) is 2.68. The van der Waals surface area contributed by atoms with Gasteiger partial charge in [0.1, 0.15) is 0 Å². The molecule has 0 saturated heterocycles. The van der Waals surface area contributed by atoms with Crippen molar-refractivity contribution in [1.82, 2.24) is 20.3 Å². The third-order valence-corrected chi connectivity index (χ3v) is 3.06. The highest BCUT2D eigenvalue weighted by Crippen LogP contribution is 2.11. The number of aromatic nitrogens is 3. The van der Waals surface area contributed by atoms with Gasteiger partial charge in [-0.3, -0.25) is 4.68 Å². The summed E-state index contributed by atoms with van der Waals surface area (Å²) in [6.45, 7) is 7.91. The van der Waals surface area contributed by atoms with Crippen molar-refractivity contribution in [3.05, 3.63) is 11.9 Å². The monoisotopic (exact) mass is 238 g/mol. The van der Waals surface area contributed by atoms with Crippen molar-refractivity contribution in [2.75, 3.05) is 6.54 Å². The van der Waals surface area contributed by atoms with E-state index >= 15 is 0 Å². The number of hydrogen-bond acceptors (Lipinski definition) is 3. The normalized spacial score (nSPS) is 13.2. The summed E-state index contributed by atoms with van der Waals surface area (Å²) in [5.74, 6) is 0.698. The van der Waals surface area contributed by atoms with Gasteiger partial charge in [-0.25, -0.2) is 0 Å². The van der Waals surface area contributed by atoms with E-state index in [9.17, 15) is 0 Å². The van der Waals surface area contributed by atoms with Gasteiger partial charge in [0.2, 0.25) is 0 Å². The van der Waals surface area contributed by atoms with Gasteiger partial charge in [0.05, 0.1) is 5.69 Å². The van der Waals surface area contributed by atoms with Crippen LogP contribution in [-0.2, 0) is 13.5 Å². The third kappa shape index (κ3) is 5.31. The molecule has 1 aromatic rings. The molecular weight excluding hydrogens is 212 g/mol. The van der Waals surface area contributed by atoms with Crippen molar-refractivity contribution < 1.29 is 0 Å². The first-order valence-corrected chi connectivity index (χ1v) is 6.72. The molecule has 4 nitrogen and oxygen atoms in total. The second kappa shape index (κ2) is 7.43. The lowest BCUT2D eigenvalue weighted by atomic mass is 9.98. The molecule has 0 amide bonds. The van der Waals surface area contributed by atoms with Crippen LogP contribution in [0.4, 0.5) is 0 Å². The van der Waals surface area contributed by atoms with Gasteiger partial charge in [-0.2, -0.15) is 0 Å². The Labute approximate surface area is 105 Å². The van der Waals surface area contributed by atoms with Crippen molar-refractivity contribution >= 4 is 0 Å². The van der Waals surface area contributed by atoms with Gasteiger partial charge in [0.15, 0.2) is 0 Å². The van der Waals surface area contributed by atoms with E-state index in [1.165, 1.54) is 19.3 Å². The van der Waals surface area contributed by atoms with Crippen LogP contribution in [0.2, 0.25) is 0 Å². The van der Waals surface area contributed by atoms with Gasteiger partial charge in [-0.05, 0) is 38.1 Å². The molecule has 0 aliphatic carbocycles. The largest absolute Gasteiger partial charge is 0.314 e. The molecule has 0 spiro atoms. The maximum Gasteiger partial charge on any atom is 0.0827 e. The highest BCUT2D eigenvalue weighted by Gasteiger charge is 2.12. The molecule has 1 heterocycles. The molecule has 0 fully saturated rings. The van der Waals surface area contributed by atoms with Crippen LogP contribution < -0.4 is 5.32 Å². The third-order valence-electron chi connectivity index (χ3n) is 3.06. The van der Waals surface area contributed by atoms with Crippen LogP contribution in [0, 0.1) is 5.92 Å². The molecule has 0 radical (unpaired) electrons. The predicted molar refractivity (Wildman–Crippen MR) is 70.9 cm³/mol. The van der Waals surface area contributed by atoms with E-state index in [1.807, 2.05) is 13.2 Å². The molecule has 1 aromatic heterocycles. The molecule has 1 unspecified atom stereocenters. The summed E-state index contributed by atoms with van der Waals surface area (Å²) in [6.07, 6.45) is 6.63. The van der Waals surface area contributed by atoms with Crippen LogP contribution in [0.15, 0.2) is 6.20 Å². The minimum atomic E-state index is 0.631. The maximum atomic E-state index is 4.11. The van der Waals surface area contributed by atoms with Crippen LogP contribution in [0.1, 0.15) is 45.7 Å². The van der Waals surface area contributed by atoms with Crippen molar-refractivity contribution in [2.24, 2.45) is 13.0 Å². The van der Waals surface area contributed by atoms with Gasteiger partial charge < -0.3 is 5.32 Å². The minimum Gasteiger partial charge on any atom is -0.314 e. The second-order valence-corrected chi connectivity index (χ2v) is 5.08. The number of nitrogens with one attached hydrogen (secondary N) is 1. The van der Waals surface area contributed by atoms with E-state index in [4.69, 9.17) is 0 Å². The zero-order chi connectivity index (χ0) is 12.7. The fraction of sp³-hybridized carbons (Fsp3) is 0.846. The predicted octanol–water partition coefficient (Wildman–Crippen LogP) is 2.16. The lowest BCUT2D eigenvalue weighted by Crippen LogP contribution is -2.34. The second-order valence-electron chi connectivity index (χ2n) is 5.08. The molecule has 0 aromatic carbocycles.